The van der Waals surface area contributed by atoms with E-state index in [1.807, 2.05) is 30.3 Å². The summed E-state index contributed by atoms with van der Waals surface area (Å²) in [6.45, 7) is 0.180. The Morgan fingerprint density at radius 3 is 2.60 bits per heavy atom. The van der Waals surface area contributed by atoms with Crippen molar-refractivity contribution >= 4 is 5.91 Å². The van der Waals surface area contributed by atoms with Gasteiger partial charge in [0.25, 0.3) is 5.91 Å². The molecule has 3 aromatic rings. The van der Waals surface area contributed by atoms with E-state index in [2.05, 4.69) is 20.5 Å². The van der Waals surface area contributed by atoms with Crippen molar-refractivity contribution in [3.63, 3.8) is 0 Å². The van der Waals surface area contributed by atoms with Crippen LogP contribution in [0.2, 0.25) is 0 Å². The third kappa shape index (κ3) is 4.07. The van der Waals surface area contributed by atoms with Gasteiger partial charge in [-0.3, -0.25) is 9.89 Å². The number of H-pyrrole nitrogens is 1. The third-order valence-electron chi connectivity index (χ3n) is 3.64. The molecule has 0 fully saturated rings. The maximum atomic E-state index is 13.0. The molecule has 1 atom stereocenters. The van der Waals surface area contributed by atoms with Gasteiger partial charge in [-0.05, 0) is 29.8 Å². The van der Waals surface area contributed by atoms with Gasteiger partial charge in [-0.2, -0.15) is 5.10 Å². The Balaban J connectivity index is 1.63. The highest BCUT2D eigenvalue weighted by atomic mass is 19.1. The van der Waals surface area contributed by atoms with Gasteiger partial charge >= 0.3 is 0 Å². The summed E-state index contributed by atoms with van der Waals surface area (Å²) in [4.78, 5) is 16.6. The molecular formula is C18H17FN4O2. The van der Waals surface area contributed by atoms with Crippen LogP contribution in [0.1, 0.15) is 17.5 Å². The average molecular weight is 340 g/mol. The van der Waals surface area contributed by atoms with Gasteiger partial charge in [-0.1, -0.05) is 30.3 Å². The van der Waals surface area contributed by atoms with Crippen molar-refractivity contribution in [2.45, 2.75) is 12.6 Å². The first-order valence-corrected chi connectivity index (χ1v) is 7.70. The van der Waals surface area contributed by atoms with Gasteiger partial charge in [0.05, 0.1) is 6.54 Å². The molecule has 128 valence electrons. The van der Waals surface area contributed by atoms with E-state index in [1.165, 1.54) is 19.2 Å². The molecule has 3 rings (SSSR count). The molecule has 0 aliphatic rings. The second kappa shape index (κ2) is 7.67. The van der Waals surface area contributed by atoms with E-state index < -0.39 is 6.10 Å². The van der Waals surface area contributed by atoms with Crippen molar-refractivity contribution in [1.82, 2.24) is 20.5 Å². The summed E-state index contributed by atoms with van der Waals surface area (Å²) >= 11 is 0. The smallest absolute Gasteiger partial charge is 0.254 e. The summed E-state index contributed by atoms with van der Waals surface area (Å²) in [6, 6.07) is 15.1. The number of carbonyl (C=O) groups excluding carboxylic acids is 1. The second-order valence-corrected chi connectivity index (χ2v) is 5.36. The monoisotopic (exact) mass is 340 g/mol. The molecule has 0 saturated carbocycles. The fraction of sp³-hybridized carbons (Fsp3) is 0.167. The summed E-state index contributed by atoms with van der Waals surface area (Å²) in [5, 5.41) is 9.60. The second-order valence-electron chi connectivity index (χ2n) is 5.36. The lowest BCUT2D eigenvalue weighted by Crippen LogP contribution is -2.30. The fourth-order valence-electron chi connectivity index (χ4n) is 2.39. The largest absolute Gasteiger partial charge is 0.367 e. The number of methoxy groups -OCH3 is 1. The molecule has 7 heteroatoms. The topological polar surface area (TPSA) is 79.9 Å². The lowest BCUT2D eigenvalue weighted by atomic mass is 10.1. The highest BCUT2D eigenvalue weighted by Crippen LogP contribution is 2.17. The molecule has 1 aromatic heterocycles. The molecule has 0 spiro atoms. The molecule has 25 heavy (non-hydrogen) atoms. The van der Waals surface area contributed by atoms with E-state index in [0.717, 1.165) is 5.56 Å². The van der Waals surface area contributed by atoms with Gasteiger partial charge in [0.15, 0.2) is 11.9 Å². The van der Waals surface area contributed by atoms with Crippen LogP contribution in [-0.2, 0) is 16.1 Å². The molecule has 0 radical (unpaired) electrons. The predicted octanol–water partition coefficient (Wildman–Crippen LogP) is 2.61. The maximum absolute atomic E-state index is 13.0. The van der Waals surface area contributed by atoms with Gasteiger partial charge in [0.1, 0.15) is 11.6 Å². The molecule has 0 aliphatic heterocycles. The molecule has 6 nitrogen and oxygen atoms in total. The predicted molar refractivity (Wildman–Crippen MR) is 89.8 cm³/mol. The van der Waals surface area contributed by atoms with Crippen LogP contribution >= 0.6 is 0 Å². The van der Waals surface area contributed by atoms with Gasteiger partial charge in [-0.15, -0.1) is 0 Å². The number of aromatic nitrogens is 3. The van der Waals surface area contributed by atoms with Crippen molar-refractivity contribution in [2.75, 3.05) is 7.11 Å². The Bertz CT molecular complexity index is 834. The number of benzene rings is 2. The van der Waals surface area contributed by atoms with Crippen molar-refractivity contribution in [3.05, 3.63) is 71.8 Å². The molecule has 0 saturated heterocycles. The quantitative estimate of drug-likeness (QED) is 0.723. The molecule has 1 amide bonds. The first-order valence-electron chi connectivity index (χ1n) is 7.70. The minimum Gasteiger partial charge on any atom is -0.367 e. The van der Waals surface area contributed by atoms with E-state index in [4.69, 9.17) is 4.74 Å². The number of nitrogens with zero attached hydrogens (tertiary/aromatic N) is 2. The van der Waals surface area contributed by atoms with Crippen molar-refractivity contribution in [3.8, 4) is 11.4 Å². The SMILES string of the molecule is COC(C(=O)NCc1nc(-c2ccc(F)cc2)n[nH]1)c1ccccc1. The fourth-order valence-corrected chi connectivity index (χ4v) is 2.39. The van der Waals surface area contributed by atoms with Crippen molar-refractivity contribution in [1.29, 1.82) is 0 Å². The lowest BCUT2D eigenvalue weighted by molar-refractivity contribution is -0.131. The summed E-state index contributed by atoms with van der Waals surface area (Å²) in [5.74, 6) is 0.345. The zero-order valence-corrected chi connectivity index (χ0v) is 13.6. The molecule has 0 aliphatic carbocycles. The maximum Gasteiger partial charge on any atom is 0.254 e. The number of ether oxygens (including phenoxy) is 1. The molecular weight excluding hydrogens is 323 g/mol. The summed E-state index contributed by atoms with van der Waals surface area (Å²) in [7, 11) is 1.48. The minimum absolute atomic E-state index is 0.180. The highest BCUT2D eigenvalue weighted by Gasteiger charge is 2.19. The van der Waals surface area contributed by atoms with Gasteiger partial charge in [0, 0.05) is 12.7 Å². The number of nitrogens with one attached hydrogen (secondary N) is 2. The lowest BCUT2D eigenvalue weighted by Gasteiger charge is -2.14. The van der Waals surface area contributed by atoms with Crippen LogP contribution in [0.25, 0.3) is 11.4 Å². The summed E-state index contributed by atoms with van der Waals surface area (Å²) < 4.78 is 18.2. The van der Waals surface area contributed by atoms with Crippen LogP contribution in [0.5, 0.6) is 0 Å². The standard InChI is InChI=1S/C18H17FN4O2/c1-25-16(12-5-3-2-4-6-12)18(24)20-11-15-21-17(23-22-15)13-7-9-14(19)10-8-13/h2-10,16H,11H2,1H3,(H,20,24)(H,21,22,23). The zero-order chi connectivity index (χ0) is 17.6. The van der Waals surface area contributed by atoms with Crippen molar-refractivity contribution < 1.29 is 13.9 Å². The van der Waals surface area contributed by atoms with Gasteiger partial charge in [0.2, 0.25) is 0 Å². The van der Waals surface area contributed by atoms with Gasteiger partial charge < -0.3 is 10.1 Å². The number of halogens is 1. The minimum atomic E-state index is -0.694. The van der Waals surface area contributed by atoms with E-state index in [-0.39, 0.29) is 18.3 Å². The van der Waals surface area contributed by atoms with E-state index in [1.54, 1.807) is 12.1 Å². The number of carbonyl (C=O) groups is 1. The number of aromatic amines is 1. The van der Waals surface area contributed by atoms with E-state index >= 15 is 0 Å². The average Bonchev–Trinajstić information content (AvgIpc) is 3.11. The normalized spacial score (nSPS) is 11.9. The Morgan fingerprint density at radius 2 is 1.92 bits per heavy atom. The van der Waals surface area contributed by atoms with E-state index in [9.17, 15) is 9.18 Å². The van der Waals surface area contributed by atoms with Crippen LogP contribution < -0.4 is 5.32 Å². The van der Waals surface area contributed by atoms with Gasteiger partial charge in [-0.25, -0.2) is 9.37 Å². The van der Waals surface area contributed by atoms with Crippen LogP contribution in [0, 0.1) is 5.82 Å². The number of rotatable bonds is 6. The molecule has 1 unspecified atom stereocenters. The molecule has 2 N–H and O–H groups in total. The van der Waals surface area contributed by atoms with Crippen molar-refractivity contribution in [2.24, 2.45) is 0 Å². The first-order chi connectivity index (χ1) is 12.2. The van der Waals surface area contributed by atoms with Crippen LogP contribution in [0.4, 0.5) is 4.39 Å². The Hall–Kier alpha value is -3.06. The number of amides is 1. The Kier molecular flexibility index (Phi) is 5.15. The third-order valence-corrected chi connectivity index (χ3v) is 3.64. The molecule has 0 bridgehead atoms. The summed E-state index contributed by atoms with van der Waals surface area (Å²) in [6.07, 6.45) is -0.694. The number of hydrogen-bond acceptors (Lipinski definition) is 4. The van der Waals surface area contributed by atoms with Crippen LogP contribution in [0.15, 0.2) is 54.6 Å². The highest BCUT2D eigenvalue weighted by molar-refractivity contribution is 5.82. The van der Waals surface area contributed by atoms with Crippen LogP contribution in [-0.4, -0.2) is 28.2 Å². The molecule has 2 aromatic carbocycles. The number of hydrogen-bond donors (Lipinski definition) is 2. The Labute approximate surface area is 144 Å². The Morgan fingerprint density at radius 1 is 1.20 bits per heavy atom. The zero-order valence-electron chi connectivity index (χ0n) is 13.6. The van der Waals surface area contributed by atoms with E-state index in [0.29, 0.717) is 17.2 Å². The summed E-state index contributed by atoms with van der Waals surface area (Å²) in [5.41, 5.74) is 1.46. The van der Waals surface area contributed by atoms with Crippen LogP contribution in [0.3, 0.4) is 0 Å². The molecule has 1 heterocycles. The first kappa shape index (κ1) is 16.8.